The molecule has 0 unspecified atom stereocenters. The van der Waals surface area contributed by atoms with E-state index in [-0.39, 0.29) is 17.1 Å². The fourth-order valence-electron chi connectivity index (χ4n) is 5.19. The Morgan fingerprint density at radius 1 is 0.952 bits per heavy atom. The summed E-state index contributed by atoms with van der Waals surface area (Å²) in [6.45, 7) is 9.21. The Hall–Kier alpha value is -3.94. The Balaban J connectivity index is 1.15. The summed E-state index contributed by atoms with van der Waals surface area (Å²) in [6, 6.07) is 14.9. The van der Waals surface area contributed by atoms with E-state index in [1.165, 1.54) is 12.8 Å². The van der Waals surface area contributed by atoms with E-state index in [1.807, 2.05) is 36.4 Å². The zero-order chi connectivity index (χ0) is 29.7. The molecule has 0 atom stereocenters. The van der Waals surface area contributed by atoms with Crippen LogP contribution in [0.15, 0.2) is 54.7 Å². The van der Waals surface area contributed by atoms with Crippen LogP contribution in [0.2, 0.25) is 0 Å². The zero-order valence-corrected chi connectivity index (χ0v) is 25.2. The molecule has 2 aromatic carbocycles. The van der Waals surface area contributed by atoms with Crippen LogP contribution in [-0.2, 0) is 0 Å². The first-order valence-electron chi connectivity index (χ1n) is 15.0. The highest BCUT2D eigenvalue weighted by molar-refractivity contribution is 5.97. The van der Waals surface area contributed by atoms with Crippen molar-refractivity contribution < 1.29 is 19.1 Å². The maximum atomic E-state index is 13.0. The second-order valence-electron chi connectivity index (χ2n) is 12.8. The van der Waals surface area contributed by atoms with E-state index in [2.05, 4.69) is 36.0 Å². The lowest BCUT2D eigenvalue weighted by molar-refractivity contribution is 0.0933. The second kappa shape index (κ2) is 12.9. The molecule has 8 heteroatoms. The van der Waals surface area contributed by atoms with E-state index in [0.29, 0.717) is 59.9 Å². The number of carbonyl (C=O) groups is 2. The number of anilines is 1. The summed E-state index contributed by atoms with van der Waals surface area (Å²) in [6.07, 6.45) is 6.59. The van der Waals surface area contributed by atoms with Crippen LogP contribution >= 0.6 is 0 Å². The lowest BCUT2D eigenvalue weighted by Crippen LogP contribution is -2.39. The van der Waals surface area contributed by atoms with Crippen molar-refractivity contribution in [1.82, 2.24) is 15.3 Å². The van der Waals surface area contributed by atoms with Gasteiger partial charge < -0.3 is 19.7 Å². The number of ketones is 1. The van der Waals surface area contributed by atoms with Gasteiger partial charge in [-0.3, -0.25) is 9.59 Å². The summed E-state index contributed by atoms with van der Waals surface area (Å²) in [5.74, 6) is 3.82. The number of piperidine rings is 1. The highest BCUT2D eigenvalue weighted by Crippen LogP contribution is 2.31. The predicted octanol–water partition coefficient (Wildman–Crippen LogP) is 6.21. The summed E-state index contributed by atoms with van der Waals surface area (Å²) >= 11 is 0. The van der Waals surface area contributed by atoms with Crippen molar-refractivity contribution in [3.63, 3.8) is 0 Å². The van der Waals surface area contributed by atoms with Gasteiger partial charge in [-0.05, 0) is 67.2 Å². The number of ether oxygens (including phenoxy) is 2. The lowest BCUT2D eigenvalue weighted by Gasteiger charge is -2.33. The Bertz CT molecular complexity index is 1400. The molecule has 5 rings (SSSR count). The predicted molar refractivity (Wildman–Crippen MR) is 164 cm³/mol. The van der Waals surface area contributed by atoms with Gasteiger partial charge in [0.1, 0.15) is 17.3 Å². The molecular formula is C34H42N4O4. The van der Waals surface area contributed by atoms with Gasteiger partial charge in [0.2, 0.25) is 0 Å². The summed E-state index contributed by atoms with van der Waals surface area (Å²) in [5, 5.41) is 3.12. The number of hydrogen-bond acceptors (Lipinski definition) is 7. The lowest BCUT2D eigenvalue weighted by atomic mass is 9.87. The molecule has 3 aromatic rings. The number of nitrogens with zero attached hydrogens (tertiary/aromatic N) is 3. The van der Waals surface area contributed by atoms with E-state index < -0.39 is 0 Å². The summed E-state index contributed by atoms with van der Waals surface area (Å²) in [4.78, 5) is 37.4. The quantitative estimate of drug-likeness (QED) is 0.274. The van der Waals surface area contributed by atoms with Gasteiger partial charge in [0.15, 0.2) is 11.6 Å². The van der Waals surface area contributed by atoms with E-state index in [1.54, 1.807) is 25.4 Å². The molecule has 8 nitrogen and oxygen atoms in total. The second-order valence-corrected chi connectivity index (χ2v) is 12.8. The minimum absolute atomic E-state index is 0.0684. The maximum absolute atomic E-state index is 13.0. The van der Waals surface area contributed by atoms with Gasteiger partial charge in [0.05, 0.1) is 13.7 Å². The third-order valence-electron chi connectivity index (χ3n) is 7.82. The molecule has 1 saturated carbocycles. The van der Waals surface area contributed by atoms with Crippen molar-refractivity contribution >= 4 is 17.5 Å². The summed E-state index contributed by atoms with van der Waals surface area (Å²) < 4.78 is 11.3. The average Bonchev–Trinajstić information content (AvgIpc) is 3.83. The van der Waals surface area contributed by atoms with Gasteiger partial charge in [-0.1, -0.05) is 39.0 Å². The van der Waals surface area contributed by atoms with Crippen molar-refractivity contribution in [2.75, 3.05) is 38.3 Å². The van der Waals surface area contributed by atoms with Crippen LogP contribution < -0.4 is 19.7 Å². The van der Waals surface area contributed by atoms with E-state index in [4.69, 9.17) is 14.5 Å². The first kappa shape index (κ1) is 29.5. The van der Waals surface area contributed by atoms with Crippen LogP contribution in [-0.4, -0.2) is 55.0 Å². The Kier molecular flexibility index (Phi) is 9.09. The Morgan fingerprint density at radius 3 is 2.43 bits per heavy atom. The number of methoxy groups -OCH3 is 1. The van der Waals surface area contributed by atoms with Crippen LogP contribution in [0, 0.1) is 17.3 Å². The topological polar surface area (TPSA) is 93.7 Å². The molecule has 1 aromatic heterocycles. The van der Waals surface area contributed by atoms with Crippen LogP contribution in [0.5, 0.6) is 11.5 Å². The third kappa shape index (κ3) is 8.08. The molecule has 1 amide bonds. The molecule has 1 saturated heterocycles. The van der Waals surface area contributed by atoms with Gasteiger partial charge in [0.25, 0.3) is 5.91 Å². The number of hydrogen-bond donors (Lipinski definition) is 1. The van der Waals surface area contributed by atoms with Gasteiger partial charge >= 0.3 is 0 Å². The first-order valence-corrected chi connectivity index (χ1v) is 15.0. The van der Waals surface area contributed by atoms with Crippen LogP contribution in [0.25, 0.3) is 11.4 Å². The number of aromatic nitrogens is 2. The molecule has 42 heavy (non-hydrogen) atoms. The summed E-state index contributed by atoms with van der Waals surface area (Å²) in [5.41, 5.74) is 2.01. The molecular weight excluding hydrogens is 528 g/mol. The molecule has 2 fully saturated rings. The monoisotopic (exact) mass is 570 g/mol. The molecule has 0 spiro atoms. The number of Topliss-reactive ketones (excluding diaryl/α,β-unsaturated/α-hetero) is 1. The normalized spacial score (nSPS) is 15.8. The van der Waals surface area contributed by atoms with Crippen LogP contribution in [0.3, 0.4) is 0 Å². The summed E-state index contributed by atoms with van der Waals surface area (Å²) in [7, 11) is 1.60. The molecule has 1 aliphatic carbocycles. The number of carbonyl (C=O) groups excluding carboxylic acids is 2. The van der Waals surface area contributed by atoms with Gasteiger partial charge in [0, 0.05) is 55.0 Å². The fourth-order valence-corrected chi connectivity index (χ4v) is 5.19. The van der Waals surface area contributed by atoms with Crippen molar-refractivity contribution in [2.45, 2.75) is 52.9 Å². The van der Waals surface area contributed by atoms with E-state index in [9.17, 15) is 9.59 Å². The minimum Gasteiger partial charge on any atom is -0.497 e. The Morgan fingerprint density at radius 2 is 1.71 bits per heavy atom. The van der Waals surface area contributed by atoms with Gasteiger partial charge in [-0.2, -0.15) is 0 Å². The molecule has 2 aliphatic rings. The van der Waals surface area contributed by atoms with Crippen molar-refractivity contribution in [3.05, 3.63) is 65.9 Å². The molecule has 0 radical (unpaired) electrons. The largest absolute Gasteiger partial charge is 0.497 e. The zero-order valence-electron chi connectivity index (χ0n) is 25.2. The SMILES string of the molecule is COc1cc(OCC2CC2)cc(C(=O)NCC2CCN(c3ccnc(-c4cccc(C(=O)CC(C)(C)C)c4)n3)CC2)c1. The highest BCUT2D eigenvalue weighted by atomic mass is 16.5. The van der Waals surface area contributed by atoms with Crippen LogP contribution in [0.4, 0.5) is 5.82 Å². The minimum atomic E-state index is -0.115. The smallest absolute Gasteiger partial charge is 0.251 e. The van der Waals surface area contributed by atoms with Crippen molar-refractivity contribution in [2.24, 2.45) is 17.3 Å². The van der Waals surface area contributed by atoms with E-state index in [0.717, 1.165) is 37.3 Å². The number of rotatable bonds is 11. The Labute approximate surface area is 248 Å². The first-order chi connectivity index (χ1) is 20.2. The number of nitrogens with one attached hydrogen (secondary N) is 1. The fraction of sp³-hybridized carbons (Fsp3) is 0.471. The molecule has 1 N–H and O–H groups in total. The average molecular weight is 571 g/mol. The molecule has 222 valence electrons. The number of benzene rings is 2. The van der Waals surface area contributed by atoms with Crippen molar-refractivity contribution in [3.8, 4) is 22.9 Å². The molecule has 2 heterocycles. The maximum Gasteiger partial charge on any atom is 0.251 e. The third-order valence-corrected chi connectivity index (χ3v) is 7.82. The number of amides is 1. The van der Waals surface area contributed by atoms with Crippen LogP contribution in [0.1, 0.15) is 73.6 Å². The standard InChI is InChI=1S/C34H42N4O4/c1-34(2,3)20-30(39)25-6-5-7-26(16-25)32-35-13-10-31(37-32)38-14-11-23(12-15-38)21-36-33(40)27-17-28(41-4)19-29(18-27)42-22-24-8-9-24/h5-7,10,13,16-19,23-24H,8-9,11-12,14-15,20-22H2,1-4H3,(H,36,40). The highest BCUT2D eigenvalue weighted by Gasteiger charge is 2.24. The molecule has 0 bridgehead atoms. The van der Waals surface area contributed by atoms with Gasteiger partial charge in [-0.25, -0.2) is 9.97 Å². The van der Waals surface area contributed by atoms with E-state index >= 15 is 0 Å². The molecule has 1 aliphatic heterocycles. The van der Waals surface area contributed by atoms with Gasteiger partial charge in [-0.15, -0.1) is 0 Å². The van der Waals surface area contributed by atoms with Crippen molar-refractivity contribution in [1.29, 1.82) is 0 Å².